The molecule has 0 saturated heterocycles. The van der Waals surface area contributed by atoms with E-state index in [1.165, 1.54) is 0 Å². The normalized spacial score (nSPS) is 11.4. The molecule has 0 saturated carbocycles. The van der Waals surface area contributed by atoms with Crippen LogP contribution >= 0.6 is 0 Å². The second-order valence-corrected chi connectivity index (χ2v) is 9.44. The minimum absolute atomic E-state index is 1.08. The summed E-state index contributed by atoms with van der Waals surface area (Å²) in [4.78, 5) is 4.74. The van der Waals surface area contributed by atoms with Gasteiger partial charge in [-0.1, -0.05) is 133 Å². The topological polar surface area (TPSA) is 6.48 Å². The SMILES string of the molecule is c1ccc(C(=C(c2ccccc2)N(c2ccccc2)c2ccccc2)N(c2ccccc2)c2ccccc2)cc1. The van der Waals surface area contributed by atoms with Gasteiger partial charge >= 0.3 is 0 Å². The van der Waals surface area contributed by atoms with Gasteiger partial charge in [0.05, 0.1) is 11.4 Å². The van der Waals surface area contributed by atoms with Crippen molar-refractivity contribution < 1.29 is 0 Å². The molecular weight excluding hydrogens is 484 g/mol. The molecule has 0 bridgehead atoms. The van der Waals surface area contributed by atoms with Gasteiger partial charge < -0.3 is 9.80 Å². The summed E-state index contributed by atoms with van der Waals surface area (Å²) in [6.45, 7) is 0. The maximum atomic E-state index is 2.37. The van der Waals surface area contributed by atoms with E-state index >= 15 is 0 Å². The molecule has 2 heteroatoms. The van der Waals surface area contributed by atoms with Crippen molar-refractivity contribution in [2.24, 2.45) is 0 Å². The lowest BCUT2D eigenvalue weighted by Crippen LogP contribution is -2.24. The van der Waals surface area contributed by atoms with Crippen LogP contribution in [0.2, 0.25) is 0 Å². The van der Waals surface area contributed by atoms with Crippen LogP contribution in [-0.2, 0) is 0 Å². The standard InChI is InChI=1S/C38H30N2/c1-7-19-31(20-8-1)37(39(33-23-11-3-12-24-33)34-25-13-4-14-26-34)38(32-21-9-2-10-22-32)40(35-27-15-5-16-28-35)36-29-17-6-18-30-36/h1-30H. The number of nitrogens with zero attached hydrogens (tertiary/aromatic N) is 2. The summed E-state index contributed by atoms with van der Waals surface area (Å²) in [7, 11) is 0. The summed E-state index contributed by atoms with van der Waals surface area (Å²) >= 11 is 0. The van der Waals surface area contributed by atoms with E-state index in [9.17, 15) is 0 Å². The Hall–Kier alpha value is -5.34. The zero-order valence-electron chi connectivity index (χ0n) is 22.2. The first-order chi connectivity index (χ1) is 19.9. The van der Waals surface area contributed by atoms with E-state index in [4.69, 9.17) is 0 Å². The molecule has 192 valence electrons. The molecule has 0 aliphatic rings. The van der Waals surface area contributed by atoms with Gasteiger partial charge in [-0.3, -0.25) is 0 Å². The third-order valence-electron chi connectivity index (χ3n) is 6.82. The zero-order valence-corrected chi connectivity index (χ0v) is 22.2. The molecule has 2 nitrogen and oxygen atoms in total. The van der Waals surface area contributed by atoms with Crippen LogP contribution < -0.4 is 9.80 Å². The molecule has 0 atom stereocenters. The van der Waals surface area contributed by atoms with Crippen LogP contribution in [0.3, 0.4) is 0 Å². The fraction of sp³-hybridized carbons (Fsp3) is 0. The van der Waals surface area contributed by atoms with Crippen LogP contribution in [0.4, 0.5) is 22.7 Å². The van der Waals surface area contributed by atoms with Crippen molar-refractivity contribution in [2.75, 3.05) is 9.80 Å². The molecule has 0 spiro atoms. The van der Waals surface area contributed by atoms with Crippen LogP contribution in [0, 0.1) is 0 Å². The van der Waals surface area contributed by atoms with Crippen molar-refractivity contribution in [3.63, 3.8) is 0 Å². The van der Waals surface area contributed by atoms with E-state index in [1.54, 1.807) is 0 Å². The molecule has 0 amide bonds. The summed E-state index contributed by atoms with van der Waals surface area (Å²) in [5, 5.41) is 0. The van der Waals surface area contributed by atoms with Gasteiger partial charge in [-0.05, 0) is 48.5 Å². The van der Waals surface area contributed by atoms with Crippen molar-refractivity contribution in [1.82, 2.24) is 0 Å². The molecule has 6 rings (SSSR count). The molecule has 6 aromatic carbocycles. The number of hydrogen-bond donors (Lipinski definition) is 0. The van der Waals surface area contributed by atoms with Gasteiger partial charge in [0.25, 0.3) is 0 Å². The Morgan fingerprint density at radius 3 is 0.675 bits per heavy atom. The zero-order chi connectivity index (χ0) is 27.0. The fourth-order valence-corrected chi connectivity index (χ4v) is 5.06. The molecule has 0 aliphatic heterocycles. The van der Waals surface area contributed by atoms with Gasteiger partial charge in [-0.15, -0.1) is 0 Å². The molecule has 0 aliphatic carbocycles. The van der Waals surface area contributed by atoms with Crippen LogP contribution in [0.15, 0.2) is 182 Å². The van der Waals surface area contributed by atoms with Crippen LogP contribution in [-0.4, -0.2) is 0 Å². The Kier molecular flexibility index (Phi) is 7.50. The predicted molar refractivity (Wildman–Crippen MR) is 170 cm³/mol. The van der Waals surface area contributed by atoms with Crippen LogP contribution in [0.25, 0.3) is 11.4 Å². The first kappa shape index (κ1) is 25.0. The molecule has 0 fully saturated rings. The summed E-state index contributed by atoms with van der Waals surface area (Å²) in [5.41, 5.74) is 8.74. The molecule has 40 heavy (non-hydrogen) atoms. The van der Waals surface area contributed by atoms with Gasteiger partial charge in [0.2, 0.25) is 0 Å². The highest BCUT2D eigenvalue weighted by Crippen LogP contribution is 2.44. The summed E-state index contributed by atoms with van der Waals surface area (Å²) < 4.78 is 0. The highest BCUT2D eigenvalue weighted by Gasteiger charge is 2.27. The number of rotatable bonds is 8. The number of para-hydroxylation sites is 4. The van der Waals surface area contributed by atoms with E-state index < -0.39 is 0 Å². The minimum Gasteiger partial charge on any atom is -0.308 e. The fourth-order valence-electron chi connectivity index (χ4n) is 5.06. The molecule has 0 N–H and O–H groups in total. The van der Waals surface area contributed by atoms with Gasteiger partial charge in [-0.25, -0.2) is 0 Å². The van der Waals surface area contributed by atoms with Crippen LogP contribution in [0.1, 0.15) is 11.1 Å². The summed E-state index contributed by atoms with van der Waals surface area (Å²) in [6.07, 6.45) is 0. The molecular formula is C38H30N2. The van der Waals surface area contributed by atoms with Gasteiger partial charge in [0.15, 0.2) is 0 Å². The summed E-state index contributed by atoms with van der Waals surface area (Å²) in [5.74, 6) is 0. The maximum absolute atomic E-state index is 2.37. The second kappa shape index (κ2) is 12.0. The Bertz CT molecular complexity index is 1440. The minimum atomic E-state index is 1.08. The molecule has 0 unspecified atom stereocenters. The molecule has 0 heterocycles. The highest BCUT2D eigenvalue weighted by atomic mass is 15.2. The third kappa shape index (κ3) is 5.29. The van der Waals surface area contributed by atoms with E-state index in [2.05, 4.69) is 192 Å². The van der Waals surface area contributed by atoms with Crippen LogP contribution in [0.5, 0.6) is 0 Å². The molecule has 6 aromatic rings. The lowest BCUT2D eigenvalue weighted by atomic mass is 9.99. The second-order valence-electron chi connectivity index (χ2n) is 9.44. The average Bonchev–Trinajstić information content (AvgIpc) is 3.05. The van der Waals surface area contributed by atoms with Crippen molar-refractivity contribution >= 4 is 34.1 Å². The Morgan fingerprint density at radius 1 is 0.250 bits per heavy atom. The Labute approximate surface area is 236 Å². The molecule has 0 aromatic heterocycles. The van der Waals surface area contributed by atoms with E-state index in [0.717, 1.165) is 45.3 Å². The highest BCUT2D eigenvalue weighted by molar-refractivity contribution is 6.07. The Morgan fingerprint density at radius 2 is 0.450 bits per heavy atom. The van der Waals surface area contributed by atoms with E-state index in [1.807, 2.05) is 0 Å². The molecule has 0 radical (unpaired) electrons. The number of anilines is 4. The first-order valence-corrected chi connectivity index (χ1v) is 13.6. The Balaban J connectivity index is 1.78. The van der Waals surface area contributed by atoms with Gasteiger partial charge in [-0.2, -0.15) is 0 Å². The van der Waals surface area contributed by atoms with Gasteiger partial charge in [0.1, 0.15) is 0 Å². The van der Waals surface area contributed by atoms with Crippen molar-refractivity contribution in [3.05, 3.63) is 193 Å². The van der Waals surface area contributed by atoms with E-state index in [0.29, 0.717) is 0 Å². The largest absolute Gasteiger partial charge is 0.308 e. The monoisotopic (exact) mass is 514 g/mol. The van der Waals surface area contributed by atoms with E-state index in [-0.39, 0.29) is 0 Å². The first-order valence-electron chi connectivity index (χ1n) is 13.6. The van der Waals surface area contributed by atoms with Crippen molar-refractivity contribution in [1.29, 1.82) is 0 Å². The number of benzene rings is 6. The van der Waals surface area contributed by atoms with Crippen molar-refractivity contribution in [3.8, 4) is 0 Å². The average molecular weight is 515 g/mol. The smallest absolute Gasteiger partial charge is 0.0781 e. The van der Waals surface area contributed by atoms with Crippen molar-refractivity contribution in [2.45, 2.75) is 0 Å². The maximum Gasteiger partial charge on any atom is 0.0781 e. The predicted octanol–water partition coefficient (Wildman–Crippen LogP) is 10.2. The third-order valence-corrected chi connectivity index (χ3v) is 6.82. The number of hydrogen-bond acceptors (Lipinski definition) is 2. The lowest BCUT2D eigenvalue weighted by molar-refractivity contribution is 1.24. The lowest BCUT2D eigenvalue weighted by Gasteiger charge is -2.36. The quantitative estimate of drug-likeness (QED) is 0.186. The summed E-state index contributed by atoms with van der Waals surface area (Å²) in [6, 6.07) is 63.9. The van der Waals surface area contributed by atoms with Gasteiger partial charge in [0, 0.05) is 33.9 Å².